The van der Waals surface area contributed by atoms with Gasteiger partial charge in [0.2, 0.25) is 0 Å². The first-order chi connectivity index (χ1) is 12.2. The third-order valence-electron chi connectivity index (χ3n) is 3.52. The number of esters is 1. The molecule has 8 nitrogen and oxygen atoms in total. The Morgan fingerprint density at radius 1 is 1.15 bits per heavy atom. The SMILES string of the molecule is COC(=O)[C@H](Cc1c(-c2ccccc2)[nH][nH]c1=O)NC(=O)OC(C)(C)C. The lowest BCUT2D eigenvalue weighted by molar-refractivity contribution is -0.143. The molecule has 0 fully saturated rings. The van der Waals surface area contributed by atoms with Gasteiger partial charge in [-0.25, -0.2) is 9.59 Å². The maximum atomic E-state index is 12.2. The van der Waals surface area contributed by atoms with E-state index in [1.807, 2.05) is 30.3 Å². The lowest BCUT2D eigenvalue weighted by atomic mass is 10.0. The standard InChI is InChI=1S/C18H23N3O5/c1-18(2,3)26-17(24)19-13(16(23)25-4)10-12-14(20-21-15(12)22)11-8-6-5-7-9-11/h5-9,13H,10H2,1-4H3,(H,19,24)(H2,20,21,22)/t13-/m0/s1. The van der Waals surface area contributed by atoms with E-state index in [0.717, 1.165) is 5.56 Å². The molecule has 0 aliphatic carbocycles. The minimum absolute atomic E-state index is 0.0466. The predicted octanol–water partition coefficient (Wildman–Crippen LogP) is 1.98. The average molecular weight is 361 g/mol. The molecule has 1 aromatic heterocycles. The summed E-state index contributed by atoms with van der Waals surface area (Å²) in [4.78, 5) is 36.3. The van der Waals surface area contributed by atoms with Crippen LogP contribution in [0.4, 0.5) is 4.79 Å². The number of methoxy groups -OCH3 is 1. The number of nitrogens with one attached hydrogen (secondary N) is 3. The van der Waals surface area contributed by atoms with E-state index in [2.05, 4.69) is 15.5 Å². The molecule has 140 valence electrons. The van der Waals surface area contributed by atoms with E-state index in [1.165, 1.54) is 7.11 Å². The molecule has 3 N–H and O–H groups in total. The molecule has 0 aliphatic rings. The molecular formula is C18H23N3O5. The van der Waals surface area contributed by atoms with E-state index in [0.29, 0.717) is 11.3 Å². The van der Waals surface area contributed by atoms with Crippen molar-refractivity contribution >= 4 is 12.1 Å². The zero-order valence-electron chi connectivity index (χ0n) is 15.2. The van der Waals surface area contributed by atoms with Crippen molar-refractivity contribution in [1.29, 1.82) is 0 Å². The fourth-order valence-electron chi connectivity index (χ4n) is 2.42. The van der Waals surface area contributed by atoms with Gasteiger partial charge < -0.3 is 14.8 Å². The van der Waals surface area contributed by atoms with Crippen LogP contribution in [0.15, 0.2) is 35.1 Å². The summed E-state index contributed by atoms with van der Waals surface area (Å²) >= 11 is 0. The lowest BCUT2D eigenvalue weighted by Crippen LogP contribution is -2.45. The number of carbonyl (C=O) groups is 2. The van der Waals surface area contributed by atoms with Gasteiger partial charge in [-0.2, -0.15) is 0 Å². The Kier molecular flexibility index (Phi) is 5.86. The minimum atomic E-state index is -1.06. The summed E-state index contributed by atoms with van der Waals surface area (Å²) in [6.45, 7) is 5.14. The fraction of sp³-hybridized carbons (Fsp3) is 0.389. The van der Waals surface area contributed by atoms with Crippen molar-refractivity contribution in [2.24, 2.45) is 0 Å². The number of carbonyl (C=O) groups excluding carboxylic acids is 2. The Balaban J connectivity index is 2.27. The third-order valence-corrected chi connectivity index (χ3v) is 3.52. The van der Waals surface area contributed by atoms with E-state index < -0.39 is 23.7 Å². The number of ether oxygens (including phenoxy) is 2. The molecule has 0 saturated heterocycles. The molecule has 2 aromatic rings. The van der Waals surface area contributed by atoms with Gasteiger partial charge in [0.15, 0.2) is 0 Å². The van der Waals surface area contributed by atoms with E-state index >= 15 is 0 Å². The van der Waals surface area contributed by atoms with Gasteiger partial charge >= 0.3 is 12.1 Å². The van der Waals surface area contributed by atoms with Crippen LogP contribution in [0.25, 0.3) is 11.3 Å². The van der Waals surface area contributed by atoms with Crippen LogP contribution in [-0.2, 0) is 20.7 Å². The van der Waals surface area contributed by atoms with Crippen molar-refractivity contribution in [3.05, 3.63) is 46.2 Å². The van der Waals surface area contributed by atoms with Crippen LogP contribution in [0.2, 0.25) is 0 Å². The van der Waals surface area contributed by atoms with Crippen LogP contribution in [0.5, 0.6) is 0 Å². The van der Waals surface area contributed by atoms with Crippen LogP contribution in [0.1, 0.15) is 26.3 Å². The van der Waals surface area contributed by atoms with Crippen LogP contribution >= 0.6 is 0 Å². The van der Waals surface area contributed by atoms with Gasteiger partial charge in [-0.3, -0.25) is 15.0 Å². The molecule has 1 atom stereocenters. The largest absolute Gasteiger partial charge is 0.467 e. The highest BCUT2D eigenvalue weighted by Crippen LogP contribution is 2.20. The number of aromatic nitrogens is 2. The first kappa shape index (κ1) is 19.3. The highest BCUT2D eigenvalue weighted by atomic mass is 16.6. The summed E-state index contributed by atoms with van der Waals surface area (Å²) in [6, 6.07) is 8.13. The summed E-state index contributed by atoms with van der Waals surface area (Å²) in [6.07, 6.45) is -0.809. The van der Waals surface area contributed by atoms with Gasteiger partial charge in [0.1, 0.15) is 11.6 Å². The van der Waals surface area contributed by atoms with E-state index in [-0.39, 0.29) is 12.0 Å². The highest BCUT2D eigenvalue weighted by molar-refractivity contribution is 5.82. The normalized spacial score (nSPS) is 12.3. The van der Waals surface area contributed by atoms with Crippen molar-refractivity contribution in [3.8, 4) is 11.3 Å². The number of rotatable bonds is 5. The van der Waals surface area contributed by atoms with Crippen molar-refractivity contribution in [3.63, 3.8) is 0 Å². The van der Waals surface area contributed by atoms with Crippen molar-refractivity contribution < 1.29 is 19.1 Å². The fourth-order valence-corrected chi connectivity index (χ4v) is 2.42. The van der Waals surface area contributed by atoms with Gasteiger partial charge in [-0.1, -0.05) is 30.3 Å². The molecule has 8 heteroatoms. The zero-order chi connectivity index (χ0) is 19.3. The predicted molar refractivity (Wildman–Crippen MR) is 95.7 cm³/mol. The van der Waals surface area contributed by atoms with Gasteiger partial charge in [0.05, 0.1) is 12.8 Å². The Hall–Kier alpha value is -3.03. The zero-order valence-corrected chi connectivity index (χ0v) is 15.2. The topological polar surface area (TPSA) is 113 Å². The minimum Gasteiger partial charge on any atom is -0.467 e. The summed E-state index contributed by atoms with van der Waals surface area (Å²) in [5.41, 5.74) is 0.578. The van der Waals surface area contributed by atoms with Gasteiger partial charge in [0, 0.05) is 12.0 Å². The Morgan fingerprint density at radius 2 is 1.81 bits per heavy atom. The van der Waals surface area contributed by atoms with E-state index in [1.54, 1.807) is 20.8 Å². The maximum absolute atomic E-state index is 12.2. The highest BCUT2D eigenvalue weighted by Gasteiger charge is 2.28. The van der Waals surface area contributed by atoms with Crippen LogP contribution in [-0.4, -0.2) is 41.0 Å². The van der Waals surface area contributed by atoms with E-state index in [4.69, 9.17) is 9.47 Å². The van der Waals surface area contributed by atoms with Crippen molar-refractivity contribution in [2.45, 2.75) is 38.8 Å². The molecule has 0 bridgehead atoms. The Morgan fingerprint density at radius 3 is 2.38 bits per heavy atom. The van der Waals surface area contributed by atoms with Gasteiger partial charge in [-0.05, 0) is 26.3 Å². The van der Waals surface area contributed by atoms with E-state index in [9.17, 15) is 14.4 Å². The number of amides is 1. The Labute approximate surface area is 150 Å². The van der Waals surface area contributed by atoms with Crippen molar-refractivity contribution in [2.75, 3.05) is 7.11 Å². The maximum Gasteiger partial charge on any atom is 0.408 e. The van der Waals surface area contributed by atoms with Gasteiger partial charge in [-0.15, -0.1) is 0 Å². The molecule has 0 saturated carbocycles. The number of hydrogen-bond donors (Lipinski definition) is 3. The molecular weight excluding hydrogens is 338 g/mol. The molecule has 1 amide bonds. The van der Waals surface area contributed by atoms with Crippen LogP contribution in [0.3, 0.4) is 0 Å². The Bertz CT molecular complexity index is 817. The van der Waals surface area contributed by atoms with Crippen LogP contribution in [0, 0.1) is 0 Å². The second-order valence-electron chi connectivity index (χ2n) is 6.72. The molecule has 1 heterocycles. The van der Waals surface area contributed by atoms with Crippen molar-refractivity contribution in [1.82, 2.24) is 15.5 Å². The summed E-state index contributed by atoms with van der Waals surface area (Å²) in [5, 5.41) is 7.79. The molecule has 0 aliphatic heterocycles. The number of alkyl carbamates (subject to hydrolysis) is 1. The number of hydrogen-bond acceptors (Lipinski definition) is 5. The number of aromatic amines is 2. The quantitative estimate of drug-likeness (QED) is 0.705. The number of benzene rings is 1. The summed E-state index contributed by atoms with van der Waals surface area (Å²) in [7, 11) is 1.21. The van der Waals surface area contributed by atoms with Crippen LogP contribution < -0.4 is 10.9 Å². The average Bonchev–Trinajstić information content (AvgIpc) is 2.93. The summed E-state index contributed by atoms with van der Waals surface area (Å²) in [5.74, 6) is -0.671. The smallest absolute Gasteiger partial charge is 0.408 e. The lowest BCUT2D eigenvalue weighted by Gasteiger charge is -2.22. The number of H-pyrrole nitrogens is 2. The molecule has 0 spiro atoms. The second kappa shape index (κ2) is 7.90. The molecule has 0 radical (unpaired) electrons. The first-order valence-corrected chi connectivity index (χ1v) is 8.13. The third kappa shape index (κ3) is 4.98. The molecule has 0 unspecified atom stereocenters. The summed E-state index contributed by atoms with van der Waals surface area (Å²) < 4.78 is 9.92. The second-order valence-corrected chi connectivity index (χ2v) is 6.72. The molecule has 2 rings (SSSR count). The van der Waals surface area contributed by atoms with Gasteiger partial charge in [0.25, 0.3) is 5.56 Å². The molecule has 26 heavy (non-hydrogen) atoms. The molecule has 1 aromatic carbocycles. The monoisotopic (exact) mass is 361 g/mol. The first-order valence-electron chi connectivity index (χ1n) is 8.13.